The Morgan fingerprint density at radius 2 is 2.29 bits per heavy atom. The Morgan fingerprint density at radius 3 is 2.86 bits per heavy atom. The predicted molar refractivity (Wildman–Crippen MR) is 56.0 cm³/mol. The van der Waals surface area contributed by atoms with Crippen molar-refractivity contribution in [2.75, 3.05) is 19.6 Å². The quantitative estimate of drug-likeness (QED) is 0.730. The summed E-state index contributed by atoms with van der Waals surface area (Å²) >= 11 is 0. The van der Waals surface area contributed by atoms with Crippen LogP contribution >= 0.6 is 0 Å². The minimum absolute atomic E-state index is 0.119. The number of piperazine rings is 1. The van der Waals surface area contributed by atoms with Crippen LogP contribution in [-0.4, -0.2) is 36.5 Å². The van der Waals surface area contributed by atoms with E-state index in [1.54, 1.807) is 0 Å². The largest absolute Gasteiger partial charge is 0.340 e. The lowest BCUT2D eigenvalue weighted by atomic mass is 9.80. The summed E-state index contributed by atoms with van der Waals surface area (Å²) in [5, 5.41) is 3.34. The second-order valence-electron chi connectivity index (χ2n) is 4.46. The molecule has 1 heterocycles. The zero-order chi connectivity index (χ0) is 9.97. The highest BCUT2D eigenvalue weighted by Gasteiger charge is 2.31. The van der Waals surface area contributed by atoms with Gasteiger partial charge < -0.3 is 10.2 Å². The third kappa shape index (κ3) is 1.92. The lowest BCUT2D eigenvalue weighted by Crippen LogP contribution is -2.55. The zero-order valence-electron chi connectivity index (χ0n) is 8.96. The van der Waals surface area contributed by atoms with Crippen LogP contribution in [0.2, 0.25) is 0 Å². The lowest BCUT2D eigenvalue weighted by molar-refractivity contribution is -0.136. The molecule has 80 valence electrons. The standard InChI is InChI=1S/C11H20N2O/c1-2-13-7-6-12-10(11(13)14)8-9-4-3-5-9/h9-10,12H,2-8H2,1H3. The van der Waals surface area contributed by atoms with Crippen LogP contribution < -0.4 is 5.32 Å². The van der Waals surface area contributed by atoms with E-state index in [0.29, 0.717) is 5.91 Å². The van der Waals surface area contributed by atoms with E-state index in [4.69, 9.17) is 0 Å². The third-order valence-corrected chi connectivity index (χ3v) is 3.56. The molecule has 0 spiro atoms. The molecule has 0 bridgehead atoms. The molecule has 2 rings (SSSR count). The number of likely N-dealkylation sites (N-methyl/N-ethyl adjacent to an activating group) is 1. The SMILES string of the molecule is CCN1CCNC(CC2CCC2)C1=O. The van der Waals surface area contributed by atoms with Gasteiger partial charge >= 0.3 is 0 Å². The maximum Gasteiger partial charge on any atom is 0.239 e. The zero-order valence-corrected chi connectivity index (χ0v) is 8.96. The lowest BCUT2D eigenvalue weighted by Gasteiger charge is -2.36. The van der Waals surface area contributed by atoms with Crippen molar-refractivity contribution in [3.63, 3.8) is 0 Å². The number of hydrogen-bond donors (Lipinski definition) is 1. The maximum atomic E-state index is 11.9. The molecule has 2 aliphatic rings. The van der Waals surface area contributed by atoms with Crippen molar-refractivity contribution in [3.05, 3.63) is 0 Å². The molecule has 1 amide bonds. The summed E-state index contributed by atoms with van der Waals surface area (Å²) in [5.74, 6) is 1.14. The minimum atomic E-state index is 0.119. The first-order valence-corrected chi connectivity index (χ1v) is 5.83. The molecule has 0 aromatic rings. The van der Waals surface area contributed by atoms with Gasteiger partial charge in [-0.05, 0) is 19.3 Å². The Kier molecular flexibility index (Phi) is 3.06. The highest BCUT2D eigenvalue weighted by Crippen LogP contribution is 2.31. The molecule has 2 fully saturated rings. The van der Waals surface area contributed by atoms with Gasteiger partial charge in [0, 0.05) is 19.6 Å². The molecule has 0 radical (unpaired) electrons. The smallest absolute Gasteiger partial charge is 0.239 e. The van der Waals surface area contributed by atoms with E-state index < -0.39 is 0 Å². The van der Waals surface area contributed by atoms with Gasteiger partial charge in [-0.2, -0.15) is 0 Å². The highest BCUT2D eigenvalue weighted by atomic mass is 16.2. The van der Waals surface area contributed by atoms with Crippen LogP contribution in [0.15, 0.2) is 0 Å². The Hall–Kier alpha value is -0.570. The Morgan fingerprint density at radius 1 is 1.50 bits per heavy atom. The van der Waals surface area contributed by atoms with Crippen molar-refractivity contribution in [1.82, 2.24) is 10.2 Å². The average molecular weight is 196 g/mol. The summed E-state index contributed by atoms with van der Waals surface area (Å²) in [6.45, 7) is 4.78. The molecule has 1 N–H and O–H groups in total. The maximum absolute atomic E-state index is 11.9. The summed E-state index contributed by atoms with van der Waals surface area (Å²) in [6.07, 6.45) is 5.09. The number of amides is 1. The van der Waals surface area contributed by atoms with E-state index in [2.05, 4.69) is 12.2 Å². The van der Waals surface area contributed by atoms with E-state index >= 15 is 0 Å². The van der Waals surface area contributed by atoms with Crippen molar-refractivity contribution in [2.24, 2.45) is 5.92 Å². The molecule has 1 aliphatic heterocycles. The van der Waals surface area contributed by atoms with E-state index in [9.17, 15) is 4.79 Å². The van der Waals surface area contributed by atoms with Crippen LogP contribution in [0.5, 0.6) is 0 Å². The Labute approximate surface area is 85.8 Å². The number of carbonyl (C=O) groups is 1. The second kappa shape index (κ2) is 4.30. The number of nitrogens with zero attached hydrogens (tertiary/aromatic N) is 1. The topological polar surface area (TPSA) is 32.3 Å². The monoisotopic (exact) mass is 196 g/mol. The van der Waals surface area contributed by atoms with Crippen molar-refractivity contribution < 1.29 is 4.79 Å². The van der Waals surface area contributed by atoms with Gasteiger partial charge in [-0.3, -0.25) is 4.79 Å². The summed E-state index contributed by atoms with van der Waals surface area (Å²) in [5.41, 5.74) is 0. The van der Waals surface area contributed by atoms with Gasteiger partial charge in [-0.25, -0.2) is 0 Å². The van der Waals surface area contributed by atoms with Gasteiger partial charge in [-0.15, -0.1) is 0 Å². The Bertz CT molecular complexity index is 213. The van der Waals surface area contributed by atoms with Crippen molar-refractivity contribution in [3.8, 4) is 0 Å². The molecule has 1 atom stereocenters. The molecule has 1 unspecified atom stereocenters. The summed E-state index contributed by atoms with van der Waals surface area (Å²) < 4.78 is 0. The van der Waals surface area contributed by atoms with Crippen LogP contribution in [0.4, 0.5) is 0 Å². The number of hydrogen-bond acceptors (Lipinski definition) is 2. The van der Waals surface area contributed by atoms with Crippen LogP contribution in [-0.2, 0) is 4.79 Å². The van der Waals surface area contributed by atoms with Gasteiger partial charge in [-0.1, -0.05) is 19.3 Å². The summed E-state index contributed by atoms with van der Waals surface area (Å²) in [6, 6.07) is 0.119. The van der Waals surface area contributed by atoms with Gasteiger partial charge in [0.15, 0.2) is 0 Å². The van der Waals surface area contributed by atoms with Gasteiger partial charge in [0.05, 0.1) is 6.04 Å². The minimum Gasteiger partial charge on any atom is -0.340 e. The molecule has 1 saturated carbocycles. The van der Waals surface area contributed by atoms with E-state index in [1.807, 2.05) is 4.90 Å². The molecular weight excluding hydrogens is 176 g/mol. The second-order valence-corrected chi connectivity index (χ2v) is 4.46. The van der Waals surface area contributed by atoms with Crippen LogP contribution in [0.25, 0.3) is 0 Å². The van der Waals surface area contributed by atoms with Gasteiger partial charge in [0.1, 0.15) is 0 Å². The molecule has 14 heavy (non-hydrogen) atoms. The van der Waals surface area contributed by atoms with Gasteiger partial charge in [0.2, 0.25) is 5.91 Å². The average Bonchev–Trinajstić information content (AvgIpc) is 2.13. The van der Waals surface area contributed by atoms with Crippen molar-refractivity contribution in [2.45, 2.75) is 38.6 Å². The molecule has 0 aromatic heterocycles. The highest BCUT2D eigenvalue weighted by molar-refractivity contribution is 5.82. The first kappa shape index (κ1) is 9.97. The van der Waals surface area contributed by atoms with Crippen molar-refractivity contribution >= 4 is 5.91 Å². The fourth-order valence-electron chi connectivity index (χ4n) is 2.35. The summed E-state index contributed by atoms with van der Waals surface area (Å²) in [7, 11) is 0. The van der Waals surface area contributed by atoms with Crippen LogP contribution in [0.1, 0.15) is 32.6 Å². The van der Waals surface area contributed by atoms with E-state index in [-0.39, 0.29) is 6.04 Å². The number of carbonyl (C=O) groups excluding carboxylic acids is 1. The number of rotatable bonds is 3. The Balaban J connectivity index is 1.86. The fourth-order valence-corrected chi connectivity index (χ4v) is 2.35. The first-order valence-electron chi connectivity index (χ1n) is 5.83. The van der Waals surface area contributed by atoms with Crippen LogP contribution in [0.3, 0.4) is 0 Å². The molecule has 3 nitrogen and oxygen atoms in total. The normalized spacial score (nSPS) is 29.1. The van der Waals surface area contributed by atoms with E-state index in [0.717, 1.165) is 32.0 Å². The predicted octanol–water partition coefficient (Wildman–Crippen LogP) is 0.997. The fraction of sp³-hybridized carbons (Fsp3) is 0.909. The molecule has 1 aliphatic carbocycles. The summed E-state index contributed by atoms with van der Waals surface area (Å²) in [4.78, 5) is 13.9. The van der Waals surface area contributed by atoms with Gasteiger partial charge in [0.25, 0.3) is 0 Å². The molecule has 3 heteroatoms. The molecule has 1 saturated heterocycles. The third-order valence-electron chi connectivity index (χ3n) is 3.56. The molecule has 0 aromatic carbocycles. The van der Waals surface area contributed by atoms with E-state index in [1.165, 1.54) is 19.3 Å². The van der Waals surface area contributed by atoms with Crippen molar-refractivity contribution in [1.29, 1.82) is 0 Å². The van der Waals surface area contributed by atoms with Crippen LogP contribution in [0, 0.1) is 5.92 Å². The first-order chi connectivity index (χ1) is 6.81. The number of nitrogens with one attached hydrogen (secondary N) is 1. The molecular formula is C11H20N2O.